The van der Waals surface area contributed by atoms with Crippen LogP contribution < -0.4 is 15.2 Å². The maximum atomic E-state index is 12.3. The molecule has 0 spiro atoms. The van der Waals surface area contributed by atoms with Crippen LogP contribution >= 0.6 is 0 Å². The van der Waals surface area contributed by atoms with E-state index in [9.17, 15) is 13.2 Å². The zero-order valence-corrected chi connectivity index (χ0v) is 9.41. The molecule has 0 aliphatic carbocycles. The molecular formula is C10H10F3N3O2. The van der Waals surface area contributed by atoms with E-state index in [0.29, 0.717) is 0 Å². The summed E-state index contributed by atoms with van der Waals surface area (Å²) in [6.45, 7) is -0.242. The summed E-state index contributed by atoms with van der Waals surface area (Å²) in [6.07, 6.45) is -3.98. The number of rotatable bonds is 4. The third-order valence-electron chi connectivity index (χ3n) is 2.06. The first-order chi connectivity index (χ1) is 8.42. The van der Waals surface area contributed by atoms with Gasteiger partial charge >= 0.3 is 6.36 Å². The van der Waals surface area contributed by atoms with Crippen LogP contribution in [0.4, 0.5) is 13.2 Å². The third kappa shape index (κ3) is 3.24. The molecule has 0 aliphatic heterocycles. The van der Waals surface area contributed by atoms with Crippen molar-refractivity contribution >= 4 is 0 Å². The second-order valence-electron chi connectivity index (χ2n) is 3.17. The van der Waals surface area contributed by atoms with Crippen LogP contribution in [0, 0.1) is 11.3 Å². The van der Waals surface area contributed by atoms with Crippen LogP contribution in [0.2, 0.25) is 0 Å². The second-order valence-corrected chi connectivity index (χ2v) is 3.17. The molecule has 5 nitrogen and oxygen atoms in total. The van der Waals surface area contributed by atoms with Crippen molar-refractivity contribution in [3.8, 4) is 17.6 Å². The fourth-order valence-corrected chi connectivity index (χ4v) is 1.36. The number of nitrogens with zero attached hydrogens (tertiary/aromatic N) is 2. The molecule has 0 bridgehead atoms. The van der Waals surface area contributed by atoms with Gasteiger partial charge in [0.25, 0.3) is 0 Å². The van der Waals surface area contributed by atoms with E-state index in [0.717, 1.165) is 0 Å². The van der Waals surface area contributed by atoms with Crippen molar-refractivity contribution in [1.82, 2.24) is 4.98 Å². The Kier molecular flexibility index (Phi) is 4.33. The summed E-state index contributed by atoms with van der Waals surface area (Å²) in [7, 11) is 1.26. The Bertz CT molecular complexity index is 469. The smallest absolute Gasteiger partial charge is 0.495 e. The molecule has 1 aromatic rings. The Balaban J connectivity index is 3.36. The van der Waals surface area contributed by atoms with Crippen LogP contribution in [0.15, 0.2) is 6.20 Å². The number of aromatic nitrogens is 1. The van der Waals surface area contributed by atoms with E-state index in [-0.39, 0.29) is 30.0 Å². The maximum absolute atomic E-state index is 12.3. The van der Waals surface area contributed by atoms with Gasteiger partial charge in [0.05, 0.1) is 37.1 Å². The monoisotopic (exact) mass is 261 g/mol. The van der Waals surface area contributed by atoms with Crippen molar-refractivity contribution < 1.29 is 22.6 Å². The molecule has 0 radical (unpaired) electrons. The summed E-state index contributed by atoms with van der Waals surface area (Å²) in [4.78, 5) is 3.71. The van der Waals surface area contributed by atoms with E-state index >= 15 is 0 Å². The lowest BCUT2D eigenvalue weighted by Gasteiger charge is -2.16. The molecule has 18 heavy (non-hydrogen) atoms. The van der Waals surface area contributed by atoms with Crippen molar-refractivity contribution in [2.75, 3.05) is 7.11 Å². The minimum atomic E-state index is -4.89. The van der Waals surface area contributed by atoms with Crippen LogP contribution in [0.25, 0.3) is 0 Å². The number of alkyl halides is 3. The number of halogens is 3. The van der Waals surface area contributed by atoms with Crippen molar-refractivity contribution in [1.29, 1.82) is 5.26 Å². The van der Waals surface area contributed by atoms with Crippen LogP contribution in [0.5, 0.6) is 11.5 Å². The minimum Gasteiger partial charge on any atom is -0.495 e. The Labute approximate surface area is 101 Å². The second kappa shape index (κ2) is 5.55. The average Bonchev–Trinajstić information content (AvgIpc) is 2.29. The standard InChI is InChI=1S/C10H10F3N3O2/c1-17-8-5-16-7(4-15)9(6(8)2-3-14)18-10(11,12)13/h5H,2,4,15H2,1H3. The van der Waals surface area contributed by atoms with Crippen LogP contribution in [0.3, 0.4) is 0 Å². The fourth-order valence-electron chi connectivity index (χ4n) is 1.36. The molecule has 1 aromatic heterocycles. The van der Waals surface area contributed by atoms with Gasteiger partial charge in [-0.05, 0) is 0 Å². The molecule has 1 heterocycles. The molecule has 0 amide bonds. The Morgan fingerprint density at radius 1 is 1.50 bits per heavy atom. The predicted octanol–water partition coefficient (Wildman–Crippen LogP) is 1.51. The molecule has 0 aromatic carbocycles. The summed E-state index contributed by atoms with van der Waals surface area (Å²) in [5.41, 5.74) is 5.19. The summed E-state index contributed by atoms with van der Waals surface area (Å²) >= 11 is 0. The maximum Gasteiger partial charge on any atom is 0.573 e. The average molecular weight is 261 g/mol. The number of nitriles is 1. The molecule has 2 N–H and O–H groups in total. The predicted molar refractivity (Wildman–Crippen MR) is 54.7 cm³/mol. The Hall–Kier alpha value is -2.01. The fraction of sp³-hybridized carbons (Fsp3) is 0.400. The van der Waals surface area contributed by atoms with Crippen LogP contribution in [0.1, 0.15) is 11.3 Å². The molecule has 0 fully saturated rings. The van der Waals surface area contributed by atoms with Crippen LogP contribution in [-0.2, 0) is 13.0 Å². The number of ether oxygens (including phenoxy) is 2. The summed E-state index contributed by atoms with van der Waals surface area (Å²) < 4.78 is 45.6. The molecular weight excluding hydrogens is 251 g/mol. The molecule has 0 aliphatic rings. The Morgan fingerprint density at radius 3 is 2.61 bits per heavy atom. The normalized spacial score (nSPS) is 10.9. The van der Waals surface area contributed by atoms with Gasteiger partial charge in [-0.3, -0.25) is 4.98 Å². The van der Waals surface area contributed by atoms with Gasteiger partial charge in [-0.15, -0.1) is 13.2 Å². The van der Waals surface area contributed by atoms with Crippen molar-refractivity contribution in [3.63, 3.8) is 0 Å². The third-order valence-corrected chi connectivity index (χ3v) is 2.06. The zero-order chi connectivity index (χ0) is 13.8. The summed E-state index contributed by atoms with van der Waals surface area (Å²) in [5.74, 6) is -0.515. The number of hydrogen-bond donors (Lipinski definition) is 1. The van der Waals surface area contributed by atoms with E-state index in [2.05, 4.69) is 9.72 Å². The number of methoxy groups -OCH3 is 1. The van der Waals surface area contributed by atoms with E-state index in [4.69, 9.17) is 15.7 Å². The van der Waals surface area contributed by atoms with Crippen LogP contribution in [-0.4, -0.2) is 18.5 Å². The van der Waals surface area contributed by atoms with E-state index in [1.807, 2.05) is 0 Å². The number of pyridine rings is 1. The SMILES string of the molecule is COc1cnc(CN)c(OC(F)(F)F)c1CC#N. The highest BCUT2D eigenvalue weighted by Crippen LogP contribution is 2.34. The highest BCUT2D eigenvalue weighted by molar-refractivity contribution is 5.47. The topological polar surface area (TPSA) is 81.2 Å². The lowest BCUT2D eigenvalue weighted by atomic mass is 10.1. The lowest BCUT2D eigenvalue weighted by molar-refractivity contribution is -0.275. The molecule has 0 atom stereocenters. The quantitative estimate of drug-likeness (QED) is 0.888. The van der Waals surface area contributed by atoms with E-state index < -0.39 is 12.1 Å². The number of nitrogens with two attached hydrogens (primary N) is 1. The first-order valence-corrected chi connectivity index (χ1v) is 4.80. The zero-order valence-electron chi connectivity index (χ0n) is 9.41. The molecule has 1 rings (SSSR count). The van der Waals surface area contributed by atoms with Crippen molar-refractivity contribution in [3.05, 3.63) is 17.5 Å². The van der Waals surface area contributed by atoms with Gasteiger partial charge < -0.3 is 15.2 Å². The van der Waals surface area contributed by atoms with E-state index in [1.165, 1.54) is 13.3 Å². The number of hydrogen-bond acceptors (Lipinski definition) is 5. The first kappa shape index (κ1) is 14.1. The van der Waals surface area contributed by atoms with Gasteiger partial charge in [0.1, 0.15) is 5.75 Å². The van der Waals surface area contributed by atoms with Gasteiger partial charge in [-0.25, -0.2) is 0 Å². The highest BCUT2D eigenvalue weighted by Gasteiger charge is 2.34. The largest absolute Gasteiger partial charge is 0.573 e. The van der Waals surface area contributed by atoms with E-state index in [1.54, 1.807) is 6.07 Å². The molecule has 0 unspecified atom stereocenters. The summed E-state index contributed by atoms with van der Waals surface area (Å²) in [6, 6.07) is 1.74. The van der Waals surface area contributed by atoms with Gasteiger partial charge in [0, 0.05) is 6.54 Å². The molecule has 98 valence electrons. The lowest BCUT2D eigenvalue weighted by Crippen LogP contribution is -2.20. The minimum absolute atomic E-state index is 0.0206. The molecule has 8 heteroatoms. The van der Waals surface area contributed by atoms with Gasteiger partial charge in [0.2, 0.25) is 0 Å². The first-order valence-electron chi connectivity index (χ1n) is 4.80. The van der Waals surface area contributed by atoms with Gasteiger partial charge in [0.15, 0.2) is 5.75 Å². The van der Waals surface area contributed by atoms with Crippen molar-refractivity contribution in [2.45, 2.75) is 19.3 Å². The molecule has 0 saturated heterocycles. The van der Waals surface area contributed by atoms with Gasteiger partial charge in [-0.2, -0.15) is 5.26 Å². The summed E-state index contributed by atoms with van der Waals surface area (Å²) in [5, 5.41) is 8.63. The van der Waals surface area contributed by atoms with Crippen molar-refractivity contribution in [2.24, 2.45) is 5.73 Å². The highest BCUT2D eigenvalue weighted by atomic mass is 19.4. The van der Waals surface area contributed by atoms with Gasteiger partial charge in [-0.1, -0.05) is 0 Å². The molecule has 0 saturated carbocycles. The Morgan fingerprint density at radius 2 is 2.17 bits per heavy atom.